The van der Waals surface area contributed by atoms with Gasteiger partial charge in [-0.2, -0.15) is 0 Å². The first-order valence-electron chi connectivity index (χ1n) is 3.14. The van der Waals surface area contributed by atoms with Crippen molar-refractivity contribution in [1.29, 1.82) is 0 Å². The Morgan fingerprint density at radius 3 is 3.30 bits per heavy atom. The van der Waals surface area contributed by atoms with Gasteiger partial charge in [-0.1, -0.05) is 5.16 Å². The first-order valence-corrected chi connectivity index (χ1v) is 4.30. The number of hydrogen-bond acceptors (Lipinski definition) is 4. The Labute approximate surface area is 63.2 Å². The molecule has 1 aromatic heterocycles. The second-order valence-corrected chi connectivity index (χ2v) is 3.16. The van der Waals surface area contributed by atoms with E-state index < -0.39 is 0 Å². The number of nitrogens with one attached hydrogen (secondary N) is 1. The number of fused-ring (bicyclic) bond motifs is 1. The maximum atomic E-state index is 5.06. The number of thioether (sulfide) groups is 1. The summed E-state index contributed by atoms with van der Waals surface area (Å²) in [4.78, 5) is 0. The highest BCUT2D eigenvalue weighted by Gasteiger charge is 2.20. The smallest absolute Gasteiger partial charge is 0.173 e. The lowest BCUT2D eigenvalue weighted by Crippen LogP contribution is -1.90. The van der Waals surface area contributed by atoms with Crippen LogP contribution in [0.1, 0.15) is 11.3 Å². The van der Waals surface area contributed by atoms with E-state index >= 15 is 0 Å². The van der Waals surface area contributed by atoms with Crippen LogP contribution in [0.15, 0.2) is 4.52 Å². The Morgan fingerprint density at radius 2 is 2.50 bits per heavy atom. The van der Waals surface area contributed by atoms with Crippen LogP contribution in [0.2, 0.25) is 0 Å². The van der Waals surface area contributed by atoms with Gasteiger partial charge < -0.3 is 9.84 Å². The molecule has 10 heavy (non-hydrogen) atoms. The Hall–Kier alpha value is -0.640. The topological polar surface area (TPSA) is 38.1 Å². The Bertz CT molecular complexity index is 246. The van der Waals surface area contributed by atoms with E-state index in [0.717, 1.165) is 23.1 Å². The molecule has 1 N–H and O–H groups in total. The molecule has 0 radical (unpaired) electrons. The summed E-state index contributed by atoms with van der Waals surface area (Å²) in [5, 5.41) is 6.85. The van der Waals surface area contributed by atoms with Crippen LogP contribution in [-0.4, -0.2) is 12.2 Å². The average molecular weight is 156 g/mol. The molecule has 4 heteroatoms. The summed E-state index contributed by atoms with van der Waals surface area (Å²) in [6.07, 6.45) is 0. The largest absolute Gasteiger partial charge is 0.370 e. The molecule has 2 rings (SSSR count). The standard InChI is InChI=1S/C6H8N2OS/c1-7-6-4-2-10-3-5(4)9-8-6/h2-3H2,1H3,(H,7,8). The molecular weight excluding hydrogens is 148 g/mol. The molecule has 1 aliphatic heterocycles. The van der Waals surface area contributed by atoms with E-state index in [0.29, 0.717) is 0 Å². The molecule has 0 saturated carbocycles. The van der Waals surface area contributed by atoms with Crippen molar-refractivity contribution in [2.75, 3.05) is 12.4 Å². The number of nitrogens with zero attached hydrogens (tertiary/aromatic N) is 1. The lowest BCUT2D eigenvalue weighted by Gasteiger charge is -1.91. The van der Waals surface area contributed by atoms with Gasteiger partial charge in [-0.3, -0.25) is 0 Å². The lowest BCUT2D eigenvalue weighted by atomic mass is 10.3. The number of aromatic nitrogens is 1. The van der Waals surface area contributed by atoms with Crippen molar-refractivity contribution in [1.82, 2.24) is 5.16 Å². The molecule has 0 aliphatic carbocycles. The maximum absolute atomic E-state index is 5.06. The van der Waals surface area contributed by atoms with Crippen LogP contribution in [0, 0.1) is 0 Å². The SMILES string of the molecule is CNc1noc2c1CSC2. The molecule has 0 bridgehead atoms. The summed E-state index contributed by atoms with van der Waals surface area (Å²) in [5.74, 6) is 3.95. The van der Waals surface area contributed by atoms with E-state index in [1.165, 1.54) is 5.56 Å². The third kappa shape index (κ3) is 0.718. The van der Waals surface area contributed by atoms with E-state index in [-0.39, 0.29) is 0 Å². The van der Waals surface area contributed by atoms with Crippen molar-refractivity contribution in [3.05, 3.63) is 11.3 Å². The summed E-state index contributed by atoms with van der Waals surface area (Å²) < 4.78 is 5.06. The van der Waals surface area contributed by atoms with Crippen molar-refractivity contribution in [2.24, 2.45) is 0 Å². The summed E-state index contributed by atoms with van der Waals surface area (Å²) in [5.41, 5.74) is 1.24. The number of rotatable bonds is 1. The zero-order chi connectivity index (χ0) is 6.97. The van der Waals surface area contributed by atoms with Crippen molar-refractivity contribution >= 4 is 17.6 Å². The van der Waals surface area contributed by atoms with Gasteiger partial charge in [0, 0.05) is 18.4 Å². The quantitative estimate of drug-likeness (QED) is 0.668. The predicted octanol–water partition coefficient (Wildman–Crippen LogP) is 1.46. The van der Waals surface area contributed by atoms with Crippen LogP contribution in [0.25, 0.3) is 0 Å². The first kappa shape index (κ1) is 6.09. The molecule has 1 aliphatic rings. The Kier molecular flexibility index (Phi) is 1.34. The number of hydrogen-bond donors (Lipinski definition) is 1. The minimum absolute atomic E-state index is 0.903. The molecule has 0 amide bonds. The van der Waals surface area contributed by atoms with Crippen LogP contribution in [0.5, 0.6) is 0 Å². The number of anilines is 1. The van der Waals surface area contributed by atoms with E-state index in [2.05, 4.69) is 10.5 Å². The van der Waals surface area contributed by atoms with Crippen molar-refractivity contribution in [3.63, 3.8) is 0 Å². The van der Waals surface area contributed by atoms with Crippen molar-refractivity contribution in [3.8, 4) is 0 Å². The molecule has 0 atom stereocenters. The molecule has 2 heterocycles. The van der Waals surface area contributed by atoms with E-state index in [9.17, 15) is 0 Å². The van der Waals surface area contributed by atoms with Crippen LogP contribution in [0.3, 0.4) is 0 Å². The second kappa shape index (κ2) is 2.20. The molecule has 0 saturated heterocycles. The average Bonchev–Trinajstić information content (AvgIpc) is 2.44. The molecule has 0 aromatic carbocycles. The minimum atomic E-state index is 0.903. The third-order valence-electron chi connectivity index (χ3n) is 1.59. The Balaban J connectivity index is 2.44. The highest BCUT2D eigenvalue weighted by molar-refractivity contribution is 7.98. The normalized spacial score (nSPS) is 15.3. The van der Waals surface area contributed by atoms with Gasteiger partial charge in [0.25, 0.3) is 0 Å². The fraction of sp³-hybridized carbons (Fsp3) is 0.500. The lowest BCUT2D eigenvalue weighted by molar-refractivity contribution is 0.397. The molecule has 3 nitrogen and oxygen atoms in total. The van der Waals surface area contributed by atoms with Crippen molar-refractivity contribution < 1.29 is 4.52 Å². The zero-order valence-corrected chi connectivity index (χ0v) is 6.49. The van der Waals surface area contributed by atoms with Gasteiger partial charge in [0.2, 0.25) is 0 Å². The molecule has 54 valence electrons. The van der Waals surface area contributed by atoms with Gasteiger partial charge in [-0.15, -0.1) is 11.8 Å². The van der Waals surface area contributed by atoms with Gasteiger partial charge in [-0.25, -0.2) is 0 Å². The van der Waals surface area contributed by atoms with Gasteiger partial charge >= 0.3 is 0 Å². The van der Waals surface area contributed by atoms with Crippen molar-refractivity contribution in [2.45, 2.75) is 11.5 Å². The predicted molar refractivity (Wildman–Crippen MR) is 41.0 cm³/mol. The summed E-state index contributed by atoms with van der Waals surface area (Å²) in [7, 11) is 1.86. The van der Waals surface area contributed by atoms with E-state index in [4.69, 9.17) is 4.52 Å². The third-order valence-corrected chi connectivity index (χ3v) is 2.55. The van der Waals surface area contributed by atoms with Gasteiger partial charge in [0.05, 0.1) is 5.75 Å². The molecule has 0 fully saturated rings. The molecule has 0 unspecified atom stereocenters. The summed E-state index contributed by atoms with van der Waals surface area (Å²) in [6.45, 7) is 0. The van der Waals surface area contributed by atoms with Crippen LogP contribution < -0.4 is 5.32 Å². The van der Waals surface area contributed by atoms with Gasteiger partial charge in [0.1, 0.15) is 0 Å². The summed E-state index contributed by atoms with van der Waals surface area (Å²) >= 11 is 1.87. The monoisotopic (exact) mass is 156 g/mol. The minimum Gasteiger partial charge on any atom is -0.370 e. The fourth-order valence-corrected chi connectivity index (χ4v) is 2.06. The molecule has 1 aromatic rings. The van der Waals surface area contributed by atoms with Gasteiger partial charge in [-0.05, 0) is 0 Å². The molecule has 0 spiro atoms. The Morgan fingerprint density at radius 1 is 1.60 bits per heavy atom. The van der Waals surface area contributed by atoms with E-state index in [1.54, 1.807) is 0 Å². The second-order valence-electron chi connectivity index (χ2n) is 2.18. The van der Waals surface area contributed by atoms with Crippen LogP contribution in [0.4, 0.5) is 5.82 Å². The van der Waals surface area contributed by atoms with Crippen LogP contribution >= 0.6 is 11.8 Å². The first-order chi connectivity index (χ1) is 4.92. The van der Waals surface area contributed by atoms with Crippen LogP contribution in [-0.2, 0) is 11.5 Å². The summed E-state index contributed by atoms with van der Waals surface area (Å²) in [6, 6.07) is 0. The highest BCUT2D eigenvalue weighted by atomic mass is 32.2. The molecular formula is C6H8N2OS. The fourth-order valence-electron chi connectivity index (χ4n) is 1.05. The van der Waals surface area contributed by atoms with Gasteiger partial charge in [0.15, 0.2) is 11.6 Å². The zero-order valence-electron chi connectivity index (χ0n) is 5.68. The maximum Gasteiger partial charge on any atom is 0.173 e. The van der Waals surface area contributed by atoms with E-state index in [1.807, 2.05) is 18.8 Å². The highest BCUT2D eigenvalue weighted by Crippen LogP contribution is 2.34.